The van der Waals surface area contributed by atoms with Crippen molar-refractivity contribution in [1.82, 2.24) is 0 Å². The van der Waals surface area contributed by atoms with Crippen molar-refractivity contribution in [3.63, 3.8) is 0 Å². The molecule has 8 heteroatoms. The van der Waals surface area contributed by atoms with E-state index < -0.39 is 11.5 Å². The number of anilines is 1. The molecule has 5 N–H and O–H groups in total. The van der Waals surface area contributed by atoms with Gasteiger partial charge < -0.3 is 30.8 Å². The standard InChI is InChI=1S/C19H19N3O5/c20-17(22-25)14-6-8-15(9-7-14)21-19(18(23)24,16-11-26-12-27-16)10-13-4-2-1-3-5-13/h1-9,11,21,25H,10,12H2,(H2,20,22)(H,23,24). The van der Waals surface area contributed by atoms with Gasteiger partial charge in [-0.15, -0.1) is 0 Å². The summed E-state index contributed by atoms with van der Waals surface area (Å²) in [7, 11) is 0. The lowest BCUT2D eigenvalue weighted by Gasteiger charge is -2.31. The maximum atomic E-state index is 12.3. The summed E-state index contributed by atoms with van der Waals surface area (Å²) in [6.45, 7) is -0.0384. The van der Waals surface area contributed by atoms with Crippen LogP contribution in [0.25, 0.3) is 0 Å². The van der Waals surface area contributed by atoms with Crippen LogP contribution in [-0.2, 0) is 20.7 Å². The number of amidine groups is 1. The Labute approximate surface area is 155 Å². The van der Waals surface area contributed by atoms with Crippen LogP contribution in [-0.4, -0.2) is 34.5 Å². The van der Waals surface area contributed by atoms with Crippen LogP contribution in [0.1, 0.15) is 11.1 Å². The van der Waals surface area contributed by atoms with Crippen LogP contribution in [0.2, 0.25) is 0 Å². The van der Waals surface area contributed by atoms with E-state index in [0.717, 1.165) is 5.56 Å². The van der Waals surface area contributed by atoms with Gasteiger partial charge >= 0.3 is 5.97 Å². The molecule has 0 spiro atoms. The molecule has 0 aliphatic carbocycles. The Hall–Kier alpha value is -3.68. The van der Waals surface area contributed by atoms with E-state index in [2.05, 4.69) is 10.5 Å². The van der Waals surface area contributed by atoms with Gasteiger partial charge in [-0.3, -0.25) is 0 Å². The van der Waals surface area contributed by atoms with Gasteiger partial charge in [0, 0.05) is 17.7 Å². The van der Waals surface area contributed by atoms with Crippen molar-refractivity contribution in [3.05, 3.63) is 77.7 Å². The van der Waals surface area contributed by atoms with E-state index in [1.807, 2.05) is 30.3 Å². The van der Waals surface area contributed by atoms with Crippen LogP contribution in [0, 0.1) is 0 Å². The molecule has 27 heavy (non-hydrogen) atoms. The second kappa shape index (κ2) is 7.69. The molecular weight excluding hydrogens is 350 g/mol. The van der Waals surface area contributed by atoms with Gasteiger partial charge in [0.1, 0.15) is 6.26 Å². The Morgan fingerprint density at radius 2 is 1.89 bits per heavy atom. The number of nitrogens with two attached hydrogens (primary N) is 1. The molecule has 8 nitrogen and oxygen atoms in total. The molecule has 2 aromatic carbocycles. The summed E-state index contributed by atoms with van der Waals surface area (Å²) in [4.78, 5) is 12.3. The van der Waals surface area contributed by atoms with Crippen LogP contribution in [0.3, 0.4) is 0 Å². The number of oxime groups is 1. The molecule has 0 amide bonds. The third-order valence-corrected chi connectivity index (χ3v) is 4.22. The lowest BCUT2D eigenvalue weighted by Crippen LogP contribution is -2.50. The van der Waals surface area contributed by atoms with Gasteiger partial charge in [-0.25, -0.2) is 4.79 Å². The van der Waals surface area contributed by atoms with Crippen LogP contribution in [0.4, 0.5) is 5.69 Å². The molecule has 1 atom stereocenters. The zero-order chi connectivity index (χ0) is 19.3. The first-order valence-corrected chi connectivity index (χ1v) is 8.14. The molecule has 140 valence electrons. The molecule has 1 unspecified atom stereocenters. The molecule has 0 fully saturated rings. The van der Waals surface area contributed by atoms with Gasteiger partial charge in [0.05, 0.1) is 0 Å². The lowest BCUT2D eigenvalue weighted by atomic mass is 9.88. The third kappa shape index (κ3) is 3.79. The Morgan fingerprint density at radius 3 is 2.44 bits per heavy atom. The molecule has 0 saturated carbocycles. The minimum atomic E-state index is -1.56. The highest BCUT2D eigenvalue weighted by Gasteiger charge is 2.46. The van der Waals surface area contributed by atoms with Crippen molar-refractivity contribution in [2.45, 2.75) is 12.0 Å². The second-order valence-electron chi connectivity index (χ2n) is 5.97. The van der Waals surface area contributed by atoms with E-state index in [9.17, 15) is 9.90 Å². The topological polar surface area (TPSA) is 126 Å². The van der Waals surface area contributed by atoms with E-state index in [1.165, 1.54) is 6.26 Å². The van der Waals surface area contributed by atoms with Crippen LogP contribution in [0.5, 0.6) is 0 Å². The van der Waals surface area contributed by atoms with Crippen LogP contribution in [0.15, 0.2) is 71.8 Å². The number of nitrogens with zero attached hydrogens (tertiary/aromatic N) is 1. The number of ether oxygens (including phenoxy) is 2. The predicted octanol–water partition coefficient (Wildman–Crippen LogP) is 2.10. The number of rotatable bonds is 7. The van der Waals surface area contributed by atoms with Gasteiger partial charge in [-0.2, -0.15) is 0 Å². The first-order valence-electron chi connectivity index (χ1n) is 8.14. The summed E-state index contributed by atoms with van der Waals surface area (Å²) < 4.78 is 10.5. The van der Waals surface area contributed by atoms with Crippen molar-refractivity contribution in [1.29, 1.82) is 0 Å². The number of aliphatic carboxylic acids is 1. The van der Waals surface area contributed by atoms with Crippen molar-refractivity contribution in [2.75, 3.05) is 12.1 Å². The molecule has 0 aromatic heterocycles. The van der Waals surface area contributed by atoms with Crippen molar-refractivity contribution in [2.24, 2.45) is 10.9 Å². The minimum Gasteiger partial charge on any atom is -0.479 e. The molecule has 0 bridgehead atoms. The monoisotopic (exact) mass is 369 g/mol. The molecule has 2 aromatic rings. The van der Waals surface area contributed by atoms with E-state index in [0.29, 0.717) is 11.3 Å². The molecule has 1 aliphatic rings. The number of carbonyl (C=O) groups is 1. The highest BCUT2D eigenvalue weighted by atomic mass is 16.7. The van der Waals surface area contributed by atoms with E-state index in [1.54, 1.807) is 24.3 Å². The van der Waals surface area contributed by atoms with Crippen LogP contribution < -0.4 is 11.1 Å². The lowest BCUT2D eigenvalue weighted by molar-refractivity contribution is -0.142. The fourth-order valence-electron chi connectivity index (χ4n) is 2.82. The minimum absolute atomic E-state index is 0.0365. The number of carboxylic acid groups (broad SMARTS) is 1. The average molecular weight is 369 g/mol. The van der Waals surface area contributed by atoms with Crippen LogP contribution >= 0.6 is 0 Å². The summed E-state index contributed by atoms with van der Waals surface area (Å²) >= 11 is 0. The zero-order valence-corrected chi connectivity index (χ0v) is 14.3. The normalized spacial score (nSPS) is 15.9. The third-order valence-electron chi connectivity index (χ3n) is 4.22. The molecule has 0 saturated heterocycles. The largest absolute Gasteiger partial charge is 0.479 e. The number of hydrogen-bond acceptors (Lipinski definition) is 6. The van der Waals surface area contributed by atoms with Gasteiger partial charge in [0.2, 0.25) is 12.3 Å². The first kappa shape index (κ1) is 18.1. The van der Waals surface area contributed by atoms with E-state index in [4.69, 9.17) is 20.4 Å². The molecule has 1 aliphatic heterocycles. The molecule has 3 rings (SSSR count). The quantitative estimate of drug-likeness (QED) is 0.255. The first-order chi connectivity index (χ1) is 13.0. The second-order valence-corrected chi connectivity index (χ2v) is 5.97. The van der Waals surface area contributed by atoms with Crippen molar-refractivity contribution < 1.29 is 24.6 Å². The number of benzene rings is 2. The maximum Gasteiger partial charge on any atom is 0.337 e. The van der Waals surface area contributed by atoms with Gasteiger partial charge in [0.25, 0.3) is 0 Å². The highest BCUT2D eigenvalue weighted by molar-refractivity contribution is 5.97. The summed E-state index contributed by atoms with van der Waals surface area (Å²) in [5.74, 6) is -0.964. The summed E-state index contributed by atoms with van der Waals surface area (Å²) in [5, 5.41) is 24.8. The van der Waals surface area contributed by atoms with Gasteiger partial charge in [-0.05, 0) is 29.8 Å². The number of nitrogens with one attached hydrogen (secondary N) is 1. The maximum absolute atomic E-state index is 12.3. The predicted molar refractivity (Wildman–Crippen MR) is 98.2 cm³/mol. The molecule has 0 radical (unpaired) electrons. The van der Waals surface area contributed by atoms with Gasteiger partial charge in [-0.1, -0.05) is 35.5 Å². The summed E-state index contributed by atoms with van der Waals surface area (Å²) in [6.07, 6.45) is 1.45. The molecule has 1 heterocycles. The van der Waals surface area contributed by atoms with E-state index >= 15 is 0 Å². The Bertz CT molecular complexity index is 865. The Morgan fingerprint density at radius 1 is 1.19 bits per heavy atom. The SMILES string of the molecule is NC(=NO)c1ccc(NC(Cc2ccccc2)(C(=O)O)C2=COCO2)cc1. The summed E-state index contributed by atoms with van der Waals surface area (Å²) in [5.41, 5.74) is 5.85. The number of carboxylic acids is 1. The average Bonchev–Trinajstić information content (AvgIpc) is 3.23. The number of hydrogen-bond donors (Lipinski definition) is 4. The van der Waals surface area contributed by atoms with Crippen molar-refractivity contribution >= 4 is 17.5 Å². The smallest absolute Gasteiger partial charge is 0.337 e. The fraction of sp³-hybridized carbons (Fsp3) is 0.158. The highest BCUT2D eigenvalue weighted by Crippen LogP contribution is 2.31. The van der Waals surface area contributed by atoms with E-state index in [-0.39, 0.29) is 24.8 Å². The fourth-order valence-corrected chi connectivity index (χ4v) is 2.82. The van der Waals surface area contributed by atoms with Gasteiger partial charge in [0.15, 0.2) is 11.6 Å². The Balaban J connectivity index is 1.97. The summed E-state index contributed by atoms with van der Waals surface area (Å²) in [6, 6.07) is 15.8. The molecular formula is C19H19N3O5. The zero-order valence-electron chi connectivity index (χ0n) is 14.3. The van der Waals surface area contributed by atoms with Crippen molar-refractivity contribution in [3.8, 4) is 0 Å². The Kier molecular flexibility index (Phi) is 5.16.